The van der Waals surface area contributed by atoms with Gasteiger partial charge in [0.2, 0.25) is 5.91 Å². The first-order chi connectivity index (χ1) is 15.1. The van der Waals surface area contributed by atoms with Gasteiger partial charge in [-0.25, -0.2) is 4.79 Å². The second-order valence-corrected chi connectivity index (χ2v) is 9.82. The first-order valence-corrected chi connectivity index (χ1v) is 10.7. The highest BCUT2D eigenvalue weighted by Crippen LogP contribution is 2.15. The zero-order chi connectivity index (χ0) is 25.1. The fraction of sp³-hybridized carbons (Fsp3) is 0.522. The number of hydrogen-bond acceptors (Lipinski definition) is 6. The number of carbonyl (C=O) groups excluding carboxylic acids is 3. The monoisotopic (exact) mass is 460 g/mol. The Hall–Kier alpha value is -3.43. The van der Waals surface area contributed by atoms with Gasteiger partial charge >= 0.3 is 17.1 Å². The van der Waals surface area contributed by atoms with Crippen LogP contribution in [-0.2, 0) is 27.4 Å². The average molecular weight is 461 g/mol. The van der Waals surface area contributed by atoms with Gasteiger partial charge in [0.25, 0.3) is 5.91 Å². The Morgan fingerprint density at radius 2 is 1.39 bits per heavy atom. The van der Waals surface area contributed by atoms with Gasteiger partial charge in [-0.05, 0) is 66.7 Å². The van der Waals surface area contributed by atoms with Crippen LogP contribution in [-0.4, -0.2) is 44.6 Å². The largest absolute Gasteiger partial charge is 0.452 e. The van der Waals surface area contributed by atoms with Crippen molar-refractivity contribution in [3.05, 3.63) is 44.5 Å². The number of hydrogen-bond donors (Lipinski definition) is 2. The fourth-order valence-electron chi connectivity index (χ4n) is 3.29. The van der Waals surface area contributed by atoms with Crippen molar-refractivity contribution in [1.29, 1.82) is 0 Å². The fourth-order valence-corrected chi connectivity index (χ4v) is 3.29. The molecule has 0 fully saturated rings. The van der Waals surface area contributed by atoms with E-state index in [1.54, 1.807) is 48.5 Å². The van der Waals surface area contributed by atoms with Crippen molar-refractivity contribution in [2.45, 2.75) is 72.6 Å². The molecule has 0 aliphatic rings. The first kappa shape index (κ1) is 25.8. The van der Waals surface area contributed by atoms with Crippen LogP contribution < -0.4 is 21.8 Å². The summed E-state index contributed by atoms with van der Waals surface area (Å²) in [7, 11) is 0. The molecule has 0 aliphatic heterocycles. The number of benzene rings is 1. The number of nitrogens with zero attached hydrogens (tertiary/aromatic N) is 2. The Kier molecular flexibility index (Phi) is 7.51. The smallest absolute Gasteiger partial charge is 0.338 e. The lowest BCUT2D eigenvalue weighted by Crippen LogP contribution is -2.47. The van der Waals surface area contributed by atoms with E-state index in [1.165, 1.54) is 22.8 Å². The van der Waals surface area contributed by atoms with Crippen molar-refractivity contribution in [3.8, 4) is 0 Å². The van der Waals surface area contributed by atoms with Gasteiger partial charge in [-0.3, -0.25) is 23.7 Å². The number of aromatic nitrogens is 2. The summed E-state index contributed by atoms with van der Waals surface area (Å²) in [4.78, 5) is 62.3. The predicted molar refractivity (Wildman–Crippen MR) is 124 cm³/mol. The molecule has 180 valence electrons. The van der Waals surface area contributed by atoms with Crippen LogP contribution in [0.15, 0.2) is 27.8 Å². The van der Waals surface area contributed by atoms with Crippen molar-refractivity contribution < 1.29 is 19.1 Å². The summed E-state index contributed by atoms with van der Waals surface area (Å²) in [5.74, 6) is -1.67. The van der Waals surface area contributed by atoms with Gasteiger partial charge in [0, 0.05) is 17.6 Å². The molecule has 0 unspecified atom stereocenters. The van der Waals surface area contributed by atoms with E-state index >= 15 is 0 Å². The number of aryl methyl sites for hydroxylation is 1. The molecule has 2 amide bonds. The molecule has 0 radical (unpaired) electrons. The van der Waals surface area contributed by atoms with E-state index in [2.05, 4.69) is 10.6 Å². The molecule has 1 aromatic carbocycles. The molecule has 1 aromatic heterocycles. The zero-order valence-electron chi connectivity index (χ0n) is 20.2. The van der Waals surface area contributed by atoms with Gasteiger partial charge in [0.15, 0.2) is 6.61 Å². The topological polar surface area (TPSA) is 128 Å². The molecule has 0 saturated heterocycles. The highest BCUT2D eigenvalue weighted by molar-refractivity contribution is 5.95. The van der Waals surface area contributed by atoms with Crippen molar-refractivity contribution >= 4 is 28.8 Å². The van der Waals surface area contributed by atoms with Crippen LogP contribution in [0.2, 0.25) is 0 Å². The zero-order valence-corrected chi connectivity index (χ0v) is 20.2. The molecule has 2 rings (SSSR count). The van der Waals surface area contributed by atoms with E-state index in [0.717, 1.165) is 4.57 Å². The molecule has 0 aliphatic carbocycles. The maximum atomic E-state index is 12.8. The van der Waals surface area contributed by atoms with Crippen LogP contribution in [0.4, 0.5) is 0 Å². The molecule has 10 nitrogen and oxygen atoms in total. The van der Waals surface area contributed by atoms with Crippen LogP contribution in [0.25, 0.3) is 11.0 Å². The predicted octanol–water partition coefficient (Wildman–Crippen LogP) is 1.17. The van der Waals surface area contributed by atoms with Gasteiger partial charge in [0.1, 0.15) is 6.54 Å². The minimum Gasteiger partial charge on any atom is -0.452 e. The summed E-state index contributed by atoms with van der Waals surface area (Å²) < 4.78 is 7.42. The second kappa shape index (κ2) is 9.60. The highest BCUT2D eigenvalue weighted by Gasteiger charge is 2.20. The maximum Gasteiger partial charge on any atom is 0.338 e. The van der Waals surface area contributed by atoms with Crippen LogP contribution >= 0.6 is 0 Å². The molecule has 10 heteroatoms. The van der Waals surface area contributed by atoms with Gasteiger partial charge in [-0.1, -0.05) is 0 Å². The van der Waals surface area contributed by atoms with Gasteiger partial charge in [0.05, 0.1) is 16.6 Å². The van der Waals surface area contributed by atoms with Gasteiger partial charge in [-0.2, -0.15) is 0 Å². The van der Waals surface area contributed by atoms with Crippen molar-refractivity contribution in [1.82, 2.24) is 19.8 Å². The number of amides is 2. The van der Waals surface area contributed by atoms with E-state index in [1.807, 2.05) is 0 Å². The molecule has 1 heterocycles. The van der Waals surface area contributed by atoms with Crippen LogP contribution in [0, 0.1) is 0 Å². The summed E-state index contributed by atoms with van der Waals surface area (Å²) in [6.07, 6.45) is 0. The molecule has 33 heavy (non-hydrogen) atoms. The van der Waals surface area contributed by atoms with Gasteiger partial charge < -0.3 is 19.9 Å². The molecule has 0 spiro atoms. The number of esters is 1. The Balaban J connectivity index is 2.46. The molecule has 0 saturated carbocycles. The van der Waals surface area contributed by atoms with Crippen molar-refractivity contribution in [3.63, 3.8) is 0 Å². The van der Waals surface area contributed by atoms with Crippen LogP contribution in [0.5, 0.6) is 0 Å². The van der Waals surface area contributed by atoms with Gasteiger partial charge in [-0.15, -0.1) is 0 Å². The first-order valence-electron chi connectivity index (χ1n) is 10.7. The molecule has 2 aromatic rings. The molecular formula is C23H32N4O6. The Bertz CT molecular complexity index is 1190. The van der Waals surface area contributed by atoms with Crippen LogP contribution in [0.1, 0.15) is 58.8 Å². The highest BCUT2D eigenvalue weighted by atomic mass is 16.5. The Morgan fingerprint density at radius 1 is 0.848 bits per heavy atom. The Labute approximate surface area is 191 Å². The van der Waals surface area contributed by atoms with E-state index in [0.29, 0.717) is 5.52 Å². The lowest BCUT2D eigenvalue weighted by molar-refractivity contribution is -0.125. The third-order valence-corrected chi connectivity index (χ3v) is 4.45. The quantitative estimate of drug-likeness (QED) is 0.492. The summed E-state index contributed by atoms with van der Waals surface area (Å²) in [6, 6.07) is 4.35. The number of nitrogens with one attached hydrogen (secondary N) is 2. The van der Waals surface area contributed by atoms with E-state index < -0.39 is 46.6 Å². The summed E-state index contributed by atoms with van der Waals surface area (Å²) in [5, 5.41) is 5.44. The average Bonchev–Trinajstić information content (AvgIpc) is 2.67. The Morgan fingerprint density at radius 3 is 1.94 bits per heavy atom. The molecule has 0 bridgehead atoms. The summed E-state index contributed by atoms with van der Waals surface area (Å²) >= 11 is 0. The SMILES string of the molecule is CCn1c(=O)c(=O)n(CC(=O)NC(C)(C)C)c2cc(C(=O)OCC(=O)NC(C)(C)C)ccc21. The minimum atomic E-state index is -0.872. The van der Waals surface area contributed by atoms with E-state index in [4.69, 9.17) is 4.74 Å². The molecule has 2 N–H and O–H groups in total. The normalized spacial score (nSPS) is 11.8. The van der Waals surface area contributed by atoms with E-state index in [-0.39, 0.29) is 24.2 Å². The summed E-state index contributed by atoms with van der Waals surface area (Å²) in [6.45, 7) is 11.9. The number of carbonyl (C=O) groups is 3. The number of rotatable bonds is 6. The summed E-state index contributed by atoms with van der Waals surface area (Å²) in [5.41, 5.74) is -1.92. The third kappa shape index (κ3) is 6.77. The number of fused-ring (bicyclic) bond motifs is 1. The van der Waals surface area contributed by atoms with E-state index in [9.17, 15) is 24.0 Å². The third-order valence-electron chi connectivity index (χ3n) is 4.45. The van der Waals surface area contributed by atoms with Crippen molar-refractivity contribution in [2.75, 3.05) is 6.61 Å². The maximum absolute atomic E-state index is 12.8. The molecular weight excluding hydrogens is 428 g/mol. The lowest BCUT2D eigenvalue weighted by Gasteiger charge is -2.21. The standard InChI is InChI=1S/C23H32N4O6/c1-8-26-15-10-9-14(21(32)33-13-18(29)25-23(5,6)7)11-16(15)27(20(31)19(26)30)12-17(28)24-22(2,3)4/h9-11H,8,12-13H2,1-7H3,(H,24,28)(H,25,29). The number of ether oxygens (including phenoxy) is 1. The minimum absolute atomic E-state index is 0.0803. The second-order valence-electron chi connectivity index (χ2n) is 9.82. The molecule has 0 atom stereocenters. The van der Waals surface area contributed by atoms with Crippen LogP contribution in [0.3, 0.4) is 0 Å². The van der Waals surface area contributed by atoms with Crippen molar-refractivity contribution in [2.24, 2.45) is 0 Å². The lowest BCUT2D eigenvalue weighted by atomic mass is 10.1.